The molecular formula is C15H15F3N6O3S. The average Bonchev–Trinajstić information content (AvgIpc) is 3.20. The fourth-order valence-corrected chi connectivity index (χ4v) is 3.13. The smallest absolute Gasteiger partial charge is 0.475 e. The van der Waals surface area contributed by atoms with Gasteiger partial charge in [0.1, 0.15) is 17.0 Å². The number of alkyl halides is 3. The third-order valence-electron chi connectivity index (χ3n) is 3.88. The largest absolute Gasteiger partial charge is 0.490 e. The lowest BCUT2D eigenvalue weighted by molar-refractivity contribution is -0.192. The molecule has 0 aliphatic carbocycles. The zero-order chi connectivity index (χ0) is 20.3. The van der Waals surface area contributed by atoms with Crippen LogP contribution in [0.4, 0.5) is 13.2 Å². The molecule has 0 spiro atoms. The van der Waals surface area contributed by atoms with Crippen molar-refractivity contribution < 1.29 is 27.5 Å². The predicted octanol–water partition coefficient (Wildman–Crippen LogP) is 2.37. The number of aromatic nitrogens is 5. The van der Waals surface area contributed by atoms with Crippen molar-refractivity contribution in [3.8, 4) is 0 Å². The van der Waals surface area contributed by atoms with E-state index in [1.54, 1.807) is 6.33 Å². The Kier molecular flexibility index (Phi) is 5.84. The first kappa shape index (κ1) is 20.1. The molecule has 0 saturated carbocycles. The minimum Gasteiger partial charge on any atom is -0.475 e. The molecule has 0 bridgehead atoms. The molecule has 0 unspecified atom stereocenters. The first-order valence-electron chi connectivity index (χ1n) is 8.12. The van der Waals surface area contributed by atoms with Gasteiger partial charge < -0.3 is 19.8 Å². The van der Waals surface area contributed by atoms with Crippen LogP contribution in [0.3, 0.4) is 0 Å². The van der Waals surface area contributed by atoms with Gasteiger partial charge in [-0.15, -0.1) is 10.2 Å². The summed E-state index contributed by atoms with van der Waals surface area (Å²) < 4.78 is 37.5. The highest BCUT2D eigenvalue weighted by atomic mass is 32.2. The van der Waals surface area contributed by atoms with Crippen molar-refractivity contribution in [3.05, 3.63) is 24.0 Å². The maximum atomic E-state index is 10.6. The molecule has 28 heavy (non-hydrogen) atoms. The van der Waals surface area contributed by atoms with E-state index in [9.17, 15) is 13.2 Å². The number of rotatable bonds is 4. The Morgan fingerprint density at radius 2 is 2.07 bits per heavy atom. The summed E-state index contributed by atoms with van der Waals surface area (Å²) in [5.41, 5.74) is 2.03. The molecule has 0 radical (unpaired) electrons. The third-order valence-corrected chi connectivity index (χ3v) is 4.72. The molecule has 150 valence electrons. The van der Waals surface area contributed by atoms with Gasteiger partial charge in [-0.3, -0.25) is 0 Å². The van der Waals surface area contributed by atoms with Crippen molar-refractivity contribution in [3.63, 3.8) is 0 Å². The minimum atomic E-state index is -5.08. The number of H-pyrrole nitrogens is 1. The number of carboxylic acids is 1. The Morgan fingerprint density at radius 3 is 2.64 bits per heavy atom. The van der Waals surface area contributed by atoms with Crippen LogP contribution in [0, 0.1) is 0 Å². The maximum Gasteiger partial charge on any atom is 0.490 e. The number of aliphatic carboxylic acids is 1. The van der Waals surface area contributed by atoms with Crippen LogP contribution in [-0.4, -0.2) is 55.5 Å². The molecule has 1 aliphatic rings. The van der Waals surface area contributed by atoms with Crippen LogP contribution in [0.15, 0.2) is 27.2 Å². The quantitative estimate of drug-likeness (QED) is 0.549. The van der Waals surface area contributed by atoms with Gasteiger partial charge in [-0.1, -0.05) is 6.92 Å². The Hall–Kier alpha value is -2.67. The third kappa shape index (κ3) is 4.42. The van der Waals surface area contributed by atoms with Crippen molar-refractivity contribution in [1.82, 2.24) is 30.5 Å². The Labute approximate surface area is 160 Å². The number of hydrogen-bond donors (Lipinski definition) is 3. The van der Waals surface area contributed by atoms with E-state index in [2.05, 4.69) is 37.4 Å². The molecular weight excluding hydrogens is 401 g/mol. The van der Waals surface area contributed by atoms with Crippen molar-refractivity contribution in [2.75, 3.05) is 13.1 Å². The van der Waals surface area contributed by atoms with Gasteiger partial charge in [0.25, 0.3) is 5.22 Å². The Bertz CT molecular complexity index is 969. The number of carbonyl (C=O) groups is 1. The van der Waals surface area contributed by atoms with E-state index >= 15 is 0 Å². The number of fused-ring (bicyclic) bond motifs is 1. The van der Waals surface area contributed by atoms with E-state index < -0.39 is 12.1 Å². The summed E-state index contributed by atoms with van der Waals surface area (Å²) in [5.74, 6) is -1.71. The van der Waals surface area contributed by atoms with Gasteiger partial charge >= 0.3 is 12.1 Å². The van der Waals surface area contributed by atoms with E-state index in [0.717, 1.165) is 35.6 Å². The summed E-state index contributed by atoms with van der Waals surface area (Å²) in [7, 11) is 0. The summed E-state index contributed by atoms with van der Waals surface area (Å²) in [6, 6.07) is 0. The number of carboxylic acid groups (broad SMARTS) is 1. The fourth-order valence-electron chi connectivity index (χ4n) is 2.32. The molecule has 13 heteroatoms. The lowest BCUT2D eigenvalue weighted by atomic mass is 10.0. The molecule has 3 aromatic heterocycles. The lowest BCUT2D eigenvalue weighted by Gasteiger charge is -2.22. The molecule has 3 aromatic rings. The number of nitrogens with zero attached hydrogens (tertiary/aromatic N) is 4. The summed E-state index contributed by atoms with van der Waals surface area (Å²) in [4.78, 5) is 20.7. The normalized spacial score (nSPS) is 14.4. The highest BCUT2D eigenvalue weighted by Crippen LogP contribution is 2.33. The summed E-state index contributed by atoms with van der Waals surface area (Å²) in [6.07, 6.45) is -0.639. The van der Waals surface area contributed by atoms with Gasteiger partial charge in [0.15, 0.2) is 0 Å². The zero-order valence-electron chi connectivity index (χ0n) is 14.4. The van der Waals surface area contributed by atoms with E-state index in [1.807, 2.05) is 6.20 Å². The van der Waals surface area contributed by atoms with Gasteiger partial charge in [0, 0.05) is 19.3 Å². The van der Waals surface area contributed by atoms with Gasteiger partial charge in [-0.05, 0) is 23.7 Å². The molecule has 3 N–H and O–H groups in total. The molecule has 4 heterocycles. The van der Waals surface area contributed by atoms with Gasteiger partial charge in [-0.2, -0.15) is 13.2 Å². The highest BCUT2D eigenvalue weighted by Gasteiger charge is 2.38. The second-order valence-electron chi connectivity index (χ2n) is 5.74. The molecule has 1 aliphatic heterocycles. The SMILES string of the molecule is CCc1c[nH]c2ncnc(Sc3nnc(C4CNC4)o3)c12.O=C(O)C(F)(F)F. The number of halogens is 3. The van der Waals surface area contributed by atoms with Crippen LogP contribution >= 0.6 is 11.8 Å². The fraction of sp³-hybridized carbons (Fsp3) is 0.400. The van der Waals surface area contributed by atoms with Crippen LogP contribution in [-0.2, 0) is 11.2 Å². The van der Waals surface area contributed by atoms with Crippen LogP contribution in [0.2, 0.25) is 0 Å². The topological polar surface area (TPSA) is 130 Å². The molecule has 0 aromatic carbocycles. The van der Waals surface area contributed by atoms with Gasteiger partial charge in [-0.25, -0.2) is 14.8 Å². The Balaban J connectivity index is 0.000000279. The van der Waals surface area contributed by atoms with E-state index in [-0.39, 0.29) is 0 Å². The van der Waals surface area contributed by atoms with Crippen LogP contribution < -0.4 is 5.32 Å². The van der Waals surface area contributed by atoms with E-state index in [0.29, 0.717) is 17.0 Å². The minimum absolute atomic E-state index is 0.343. The zero-order valence-corrected chi connectivity index (χ0v) is 15.3. The molecule has 1 fully saturated rings. The summed E-state index contributed by atoms with van der Waals surface area (Å²) >= 11 is 1.39. The first-order valence-corrected chi connectivity index (χ1v) is 8.94. The molecule has 1 saturated heterocycles. The lowest BCUT2D eigenvalue weighted by Crippen LogP contribution is -2.40. The van der Waals surface area contributed by atoms with Crippen molar-refractivity contribution in [2.45, 2.75) is 35.7 Å². The van der Waals surface area contributed by atoms with E-state index in [1.165, 1.54) is 17.3 Å². The number of hydrogen-bond acceptors (Lipinski definition) is 8. The van der Waals surface area contributed by atoms with E-state index in [4.69, 9.17) is 14.3 Å². The second kappa shape index (κ2) is 8.14. The van der Waals surface area contributed by atoms with Crippen molar-refractivity contribution in [1.29, 1.82) is 0 Å². The maximum absolute atomic E-state index is 10.6. The molecule has 0 amide bonds. The average molecular weight is 416 g/mol. The molecule has 0 atom stereocenters. The van der Waals surface area contributed by atoms with Crippen LogP contribution in [0.1, 0.15) is 24.3 Å². The summed E-state index contributed by atoms with van der Waals surface area (Å²) in [5, 5.41) is 21.0. The van der Waals surface area contributed by atoms with Gasteiger partial charge in [0.05, 0.1) is 11.3 Å². The van der Waals surface area contributed by atoms with Gasteiger partial charge in [0.2, 0.25) is 5.89 Å². The van der Waals surface area contributed by atoms with Crippen molar-refractivity contribution in [2.24, 2.45) is 0 Å². The summed E-state index contributed by atoms with van der Waals surface area (Å²) in [6.45, 7) is 3.92. The standard InChI is InChI=1S/C13H14N6OS.C2HF3O2/c1-2-7-5-15-10-9(7)12(17-6-16-10)21-13-19-18-11(20-13)8-3-14-4-8;3-2(4,5)1(6)7/h5-6,8,14H,2-4H2,1H3,(H,15,16,17);(H,6,7). The van der Waals surface area contributed by atoms with Crippen LogP contribution in [0.5, 0.6) is 0 Å². The number of aryl methyl sites for hydroxylation is 1. The highest BCUT2D eigenvalue weighted by molar-refractivity contribution is 7.99. The number of aromatic amines is 1. The number of nitrogens with one attached hydrogen (secondary N) is 2. The first-order chi connectivity index (χ1) is 13.3. The molecule has 4 rings (SSSR count). The predicted molar refractivity (Wildman–Crippen MR) is 91.0 cm³/mol. The Morgan fingerprint density at radius 1 is 1.36 bits per heavy atom. The van der Waals surface area contributed by atoms with Crippen LogP contribution in [0.25, 0.3) is 11.0 Å². The second-order valence-corrected chi connectivity index (χ2v) is 6.68. The molecule has 9 nitrogen and oxygen atoms in total. The van der Waals surface area contributed by atoms with Crippen molar-refractivity contribution >= 4 is 28.8 Å². The monoisotopic (exact) mass is 416 g/mol.